The molecular weight excluding hydrogens is 234 g/mol. The fourth-order valence-electron chi connectivity index (χ4n) is 2.25. The zero-order valence-corrected chi connectivity index (χ0v) is 11.9. The molecule has 0 bridgehead atoms. The van der Waals surface area contributed by atoms with E-state index in [4.69, 9.17) is 0 Å². The van der Waals surface area contributed by atoms with Crippen LogP contribution in [0.15, 0.2) is 36.4 Å². The molecule has 2 rings (SSSR count). The summed E-state index contributed by atoms with van der Waals surface area (Å²) in [5.74, 6) is -0.0567. The fourth-order valence-corrected chi connectivity index (χ4v) is 2.25. The molecule has 2 nitrogen and oxygen atoms in total. The van der Waals surface area contributed by atoms with Crippen LogP contribution in [0, 0.1) is 27.7 Å². The maximum Gasteiger partial charge on any atom is 0.255 e. The lowest BCUT2D eigenvalue weighted by atomic mass is 10.1. The lowest BCUT2D eigenvalue weighted by molar-refractivity contribution is 0.102. The van der Waals surface area contributed by atoms with E-state index < -0.39 is 0 Å². The average Bonchev–Trinajstić information content (AvgIpc) is 2.31. The summed E-state index contributed by atoms with van der Waals surface area (Å²) in [7, 11) is 0. The standard InChI is InChI=1S/C17H19NO/c1-11-5-6-16(14(4)8-11)18-17(19)15-9-12(2)7-13(3)10-15/h5-10H,1-4H3,(H,18,19). The molecule has 1 amide bonds. The molecule has 2 heteroatoms. The van der Waals surface area contributed by atoms with Gasteiger partial charge in [0.1, 0.15) is 0 Å². The highest BCUT2D eigenvalue weighted by molar-refractivity contribution is 6.04. The van der Waals surface area contributed by atoms with E-state index in [1.807, 2.05) is 52.0 Å². The van der Waals surface area contributed by atoms with Gasteiger partial charge in [-0.2, -0.15) is 0 Å². The minimum atomic E-state index is -0.0567. The lowest BCUT2D eigenvalue weighted by Crippen LogP contribution is -2.13. The van der Waals surface area contributed by atoms with Crippen LogP contribution in [0.5, 0.6) is 0 Å². The zero-order chi connectivity index (χ0) is 14.0. The third kappa shape index (κ3) is 3.22. The summed E-state index contributed by atoms with van der Waals surface area (Å²) in [5.41, 5.74) is 6.06. The van der Waals surface area contributed by atoms with Gasteiger partial charge in [0.15, 0.2) is 0 Å². The van der Waals surface area contributed by atoms with Gasteiger partial charge in [-0.15, -0.1) is 0 Å². The van der Waals surface area contributed by atoms with E-state index in [0.717, 1.165) is 22.4 Å². The molecule has 0 fully saturated rings. The highest BCUT2D eigenvalue weighted by Crippen LogP contribution is 2.18. The Labute approximate surface area is 114 Å². The van der Waals surface area contributed by atoms with Gasteiger partial charge in [0.2, 0.25) is 0 Å². The minimum Gasteiger partial charge on any atom is -0.322 e. The van der Waals surface area contributed by atoms with E-state index in [9.17, 15) is 4.79 Å². The average molecular weight is 253 g/mol. The molecule has 19 heavy (non-hydrogen) atoms. The molecule has 0 aliphatic heterocycles. The van der Waals surface area contributed by atoms with Crippen LogP contribution in [-0.4, -0.2) is 5.91 Å². The Morgan fingerprint density at radius 1 is 0.842 bits per heavy atom. The second kappa shape index (κ2) is 5.27. The largest absolute Gasteiger partial charge is 0.322 e. The molecule has 0 aliphatic carbocycles. The first kappa shape index (κ1) is 13.3. The summed E-state index contributed by atoms with van der Waals surface area (Å²) >= 11 is 0. The lowest BCUT2D eigenvalue weighted by Gasteiger charge is -2.10. The summed E-state index contributed by atoms with van der Waals surface area (Å²) in [6, 6.07) is 11.9. The smallest absolute Gasteiger partial charge is 0.255 e. The summed E-state index contributed by atoms with van der Waals surface area (Å²) in [5, 5.41) is 2.97. The summed E-state index contributed by atoms with van der Waals surface area (Å²) in [6.45, 7) is 8.05. The number of hydrogen-bond acceptors (Lipinski definition) is 1. The van der Waals surface area contributed by atoms with Crippen LogP contribution in [0.3, 0.4) is 0 Å². The highest BCUT2D eigenvalue weighted by Gasteiger charge is 2.08. The van der Waals surface area contributed by atoms with Crippen molar-refractivity contribution in [1.82, 2.24) is 0 Å². The number of anilines is 1. The van der Waals surface area contributed by atoms with Gasteiger partial charge in [-0.3, -0.25) is 4.79 Å². The molecule has 0 aliphatic rings. The summed E-state index contributed by atoms with van der Waals surface area (Å²) in [6.07, 6.45) is 0. The van der Waals surface area contributed by atoms with Crippen molar-refractivity contribution in [3.8, 4) is 0 Å². The SMILES string of the molecule is Cc1cc(C)cc(C(=O)Nc2ccc(C)cc2C)c1. The molecule has 0 radical (unpaired) electrons. The van der Waals surface area contributed by atoms with Crippen molar-refractivity contribution in [3.05, 3.63) is 64.2 Å². The summed E-state index contributed by atoms with van der Waals surface area (Å²) in [4.78, 5) is 12.2. The Kier molecular flexibility index (Phi) is 3.70. The van der Waals surface area contributed by atoms with Crippen molar-refractivity contribution in [3.63, 3.8) is 0 Å². The first-order valence-electron chi connectivity index (χ1n) is 6.42. The van der Waals surface area contributed by atoms with Crippen molar-refractivity contribution in [2.45, 2.75) is 27.7 Å². The Balaban J connectivity index is 2.25. The van der Waals surface area contributed by atoms with Gasteiger partial charge < -0.3 is 5.32 Å². The minimum absolute atomic E-state index is 0.0567. The van der Waals surface area contributed by atoms with Crippen LogP contribution in [-0.2, 0) is 0 Å². The Bertz CT molecular complexity index is 609. The fraction of sp³-hybridized carbons (Fsp3) is 0.235. The number of carbonyl (C=O) groups excluding carboxylic acids is 1. The third-order valence-corrected chi connectivity index (χ3v) is 3.11. The predicted octanol–water partition coefficient (Wildman–Crippen LogP) is 4.17. The quantitative estimate of drug-likeness (QED) is 0.855. The van der Waals surface area contributed by atoms with E-state index in [1.165, 1.54) is 5.56 Å². The summed E-state index contributed by atoms with van der Waals surface area (Å²) < 4.78 is 0. The number of aryl methyl sites for hydroxylation is 4. The van der Waals surface area contributed by atoms with Crippen LogP contribution in [0.4, 0.5) is 5.69 Å². The Hall–Kier alpha value is -2.09. The topological polar surface area (TPSA) is 29.1 Å². The van der Waals surface area contributed by atoms with Gasteiger partial charge in [0.25, 0.3) is 5.91 Å². The van der Waals surface area contributed by atoms with Gasteiger partial charge in [-0.1, -0.05) is 34.9 Å². The molecule has 0 aromatic heterocycles. The number of carbonyl (C=O) groups is 1. The van der Waals surface area contributed by atoms with Crippen molar-refractivity contribution in [2.75, 3.05) is 5.32 Å². The van der Waals surface area contributed by atoms with E-state index in [-0.39, 0.29) is 5.91 Å². The molecule has 0 atom stereocenters. The Morgan fingerprint density at radius 3 is 2.05 bits per heavy atom. The van der Waals surface area contributed by atoms with E-state index in [2.05, 4.69) is 17.4 Å². The number of rotatable bonds is 2. The first-order valence-corrected chi connectivity index (χ1v) is 6.42. The van der Waals surface area contributed by atoms with E-state index >= 15 is 0 Å². The second-order valence-corrected chi connectivity index (χ2v) is 5.15. The predicted molar refractivity (Wildman–Crippen MR) is 79.8 cm³/mol. The highest BCUT2D eigenvalue weighted by atomic mass is 16.1. The van der Waals surface area contributed by atoms with Crippen LogP contribution < -0.4 is 5.32 Å². The second-order valence-electron chi connectivity index (χ2n) is 5.15. The molecule has 2 aromatic carbocycles. The number of amides is 1. The van der Waals surface area contributed by atoms with E-state index in [0.29, 0.717) is 5.56 Å². The molecule has 2 aromatic rings. The monoisotopic (exact) mass is 253 g/mol. The normalized spacial score (nSPS) is 10.3. The number of nitrogens with one attached hydrogen (secondary N) is 1. The van der Waals surface area contributed by atoms with Gasteiger partial charge >= 0.3 is 0 Å². The molecule has 0 saturated carbocycles. The molecule has 0 spiro atoms. The van der Waals surface area contributed by atoms with Crippen LogP contribution >= 0.6 is 0 Å². The van der Waals surface area contributed by atoms with Crippen molar-refractivity contribution < 1.29 is 4.79 Å². The zero-order valence-electron chi connectivity index (χ0n) is 11.9. The van der Waals surface area contributed by atoms with Crippen molar-refractivity contribution >= 4 is 11.6 Å². The molecule has 98 valence electrons. The van der Waals surface area contributed by atoms with Crippen LogP contribution in [0.2, 0.25) is 0 Å². The van der Waals surface area contributed by atoms with Gasteiger partial charge in [-0.25, -0.2) is 0 Å². The molecule has 0 saturated heterocycles. The Morgan fingerprint density at radius 2 is 1.47 bits per heavy atom. The number of benzene rings is 2. The van der Waals surface area contributed by atoms with Gasteiger partial charge in [0.05, 0.1) is 0 Å². The third-order valence-electron chi connectivity index (χ3n) is 3.11. The van der Waals surface area contributed by atoms with Crippen LogP contribution in [0.1, 0.15) is 32.6 Å². The maximum absolute atomic E-state index is 12.2. The van der Waals surface area contributed by atoms with Crippen molar-refractivity contribution in [2.24, 2.45) is 0 Å². The maximum atomic E-state index is 12.2. The van der Waals surface area contributed by atoms with Gasteiger partial charge in [-0.05, 0) is 51.5 Å². The molecular formula is C17H19NO. The van der Waals surface area contributed by atoms with Crippen LogP contribution in [0.25, 0.3) is 0 Å². The van der Waals surface area contributed by atoms with Crippen molar-refractivity contribution in [1.29, 1.82) is 0 Å². The molecule has 0 heterocycles. The molecule has 0 unspecified atom stereocenters. The first-order chi connectivity index (χ1) is 8.95. The molecule has 1 N–H and O–H groups in total. The van der Waals surface area contributed by atoms with E-state index in [1.54, 1.807) is 0 Å². The number of hydrogen-bond donors (Lipinski definition) is 1. The van der Waals surface area contributed by atoms with Gasteiger partial charge in [0, 0.05) is 11.3 Å².